The molecule has 7 heteroatoms. The van der Waals surface area contributed by atoms with Gasteiger partial charge in [-0.3, -0.25) is 0 Å². The van der Waals surface area contributed by atoms with E-state index in [2.05, 4.69) is 27.5 Å². The lowest BCUT2D eigenvalue weighted by atomic mass is 10.1. The van der Waals surface area contributed by atoms with E-state index in [0.29, 0.717) is 11.5 Å². The summed E-state index contributed by atoms with van der Waals surface area (Å²) in [6.45, 7) is 2.06. The van der Waals surface area contributed by atoms with E-state index in [1.807, 2.05) is 12.1 Å². The highest BCUT2D eigenvalue weighted by Crippen LogP contribution is 2.10. The first-order valence-electron chi connectivity index (χ1n) is 6.46. The number of aromatic amines is 1. The van der Waals surface area contributed by atoms with E-state index in [4.69, 9.17) is 4.42 Å². The SMILES string of the molecule is CC(CCc1ccco1)Nc1ccc2n[nH]c(=O)n2n1. The largest absolute Gasteiger partial charge is 0.469 e. The number of hydrogen-bond donors (Lipinski definition) is 2. The lowest BCUT2D eigenvalue weighted by Gasteiger charge is -2.13. The van der Waals surface area contributed by atoms with Gasteiger partial charge in [-0.15, -0.1) is 5.10 Å². The maximum atomic E-state index is 11.4. The molecule has 104 valence electrons. The normalized spacial score (nSPS) is 12.7. The number of nitrogens with zero attached hydrogens (tertiary/aromatic N) is 3. The van der Waals surface area contributed by atoms with Crippen molar-refractivity contribution >= 4 is 11.5 Å². The van der Waals surface area contributed by atoms with Gasteiger partial charge in [-0.25, -0.2) is 9.89 Å². The first-order valence-corrected chi connectivity index (χ1v) is 6.46. The quantitative estimate of drug-likeness (QED) is 0.734. The molecule has 0 amide bonds. The van der Waals surface area contributed by atoms with Gasteiger partial charge in [0.1, 0.15) is 11.6 Å². The van der Waals surface area contributed by atoms with E-state index in [0.717, 1.165) is 18.6 Å². The summed E-state index contributed by atoms with van der Waals surface area (Å²) in [5.74, 6) is 1.61. The predicted octanol–water partition coefficient (Wildman–Crippen LogP) is 1.44. The van der Waals surface area contributed by atoms with Crippen molar-refractivity contribution in [2.45, 2.75) is 25.8 Å². The molecule has 20 heavy (non-hydrogen) atoms. The van der Waals surface area contributed by atoms with Crippen LogP contribution in [0.4, 0.5) is 5.82 Å². The minimum Gasteiger partial charge on any atom is -0.469 e. The molecule has 0 fully saturated rings. The molecule has 0 spiro atoms. The molecule has 1 unspecified atom stereocenters. The number of anilines is 1. The highest BCUT2D eigenvalue weighted by molar-refractivity contribution is 5.43. The Hall–Kier alpha value is -2.57. The number of nitrogens with one attached hydrogen (secondary N) is 2. The van der Waals surface area contributed by atoms with E-state index >= 15 is 0 Å². The van der Waals surface area contributed by atoms with Gasteiger partial charge in [0.2, 0.25) is 0 Å². The van der Waals surface area contributed by atoms with Crippen LogP contribution in [0.1, 0.15) is 19.1 Å². The van der Waals surface area contributed by atoms with Gasteiger partial charge in [0.15, 0.2) is 5.65 Å². The molecule has 3 aromatic rings. The van der Waals surface area contributed by atoms with Gasteiger partial charge in [0.05, 0.1) is 6.26 Å². The monoisotopic (exact) mass is 273 g/mol. The molecule has 3 aromatic heterocycles. The van der Waals surface area contributed by atoms with Crippen molar-refractivity contribution in [2.75, 3.05) is 5.32 Å². The summed E-state index contributed by atoms with van der Waals surface area (Å²) in [6.07, 6.45) is 3.44. The van der Waals surface area contributed by atoms with E-state index in [9.17, 15) is 4.79 Å². The van der Waals surface area contributed by atoms with Crippen molar-refractivity contribution in [3.8, 4) is 0 Å². The fraction of sp³-hybridized carbons (Fsp3) is 0.308. The van der Waals surface area contributed by atoms with Crippen LogP contribution in [0.25, 0.3) is 5.65 Å². The molecule has 0 aliphatic carbocycles. The predicted molar refractivity (Wildman–Crippen MR) is 73.7 cm³/mol. The first kappa shape index (κ1) is 12.5. The average Bonchev–Trinajstić information content (AvgIpc) is 3.07. The summed E-state index contributed by atoms with van der Waals surface area (Å²) in [6, 6.07) is 7.61. The van der Waals surface area contributed by atoms with Crippen LogP contribution in [0.5, 0.6) is 0 Å². The van der Waals surface area contributed by atoms with E-state index in [1.165, 1.54) is 4.52 Å². The topological polar surface area (TPSA) is 88.2 Å². The Balaban J connectivity index is 1.66. The fourth-order valence-electron chi connectivity index (χ4n) is 2.02. The Morgan fingerprint density at radius 2 is 2.35 bits per heavy atom. The highest BCUT2D eigenvalue weighted by Gasteiger charge is 2.07. The van der Waals surface area contributed by atoms with Crippen molar-refractivity contribution < 1.29 is 4.42 Å². The van der Waals surface area contributed by atoms with Crippen molar-refractivity contribution in [1.29, 1.82) is 0 Å². The lowest BCUT2D eigenvalue weighted by molar-refractivity contribution is 0.494. The summed E-state index contributed by atoms with van der Waals surface area (Å²) in [5, 5.41) is 13.6. The fourth-order valence-corrected chi connectivity index (χ4v) is 2.02. The Labute approximate surface area is 114 Å². The molecule has 0 aliphatic heterocycles. The van der Waals surface area contributed by atoms with Crippen LogP contribution in [-0.4, -0.2) is 25.9 Å². The second-order valence-electron chi connectivity index (χ2n) is 4.68. The van der Waals surface area contributed by atoms with Crippen molar-refractivity contribution in [3.63, 3.8) is 0 Å². The standard InChI is InChI=1S/C13H15N5O2/c1-9(4-5-10-3-2-8-20-10)14-11-6-7-12-15-16-13(19)18(12)17-11/h2-3,6-9H,4-5H2,1H3,(H,14,17)(H,16,19). The summed E-state index contributed by atoms with van der Waals surface area (Å²) in [7, 11) is 0. The summed E-state index contributed by atoms with van der Waals surface area (Å²) in [5.41, 5.74) is 0.163. The van der Waals surface area contributed by atoms with Crippen LogP contribution in [0.15, 0.2) is 39.7 Å². The number of H-pyrrole nitrogens is 1. The second-order valence-corrected chi connectivity index (χ2v) is 4.68. The third kappa shape index (κ3) is 2.56. The minimum atomic E-state index is -0.341. The van der Waals surface area contributed by atoms with Gasteiger partial charge in [-0.05, 0) is 37.6 Å². The Kier molecular flexibility index (Phi) is 3.24. The van der Waals surface area contributed by atoms with Crippen LogP contribution in [0, 0.1) is 0 Å². The Morgan fingerprint density at radius 1 is 1.45 bits per heavy atom. The molecule has 0 aromatic carbocycles. The molecule has 0 bridgehead atoms. The van der Waals surface area contributed by atoms with Crippen molar-refractivity contribution in [1.82, 2.24) is 19.8 Å². The molecule has 0 aliphatic rings. The number of aryl methyl sites for hydroxylation is 1. The molecule has 0 saturated carbocycles. The molecule has 0 saturated heterocycles. The van der Waals surface area contributed by atoms with Gasteiger partial charge < -0.3 is 9.73 Å². The summed E-state index contributed by atoms with van der Waals surface area (Å²) >= 11 is 0. The van der Waals surface area contributed by atoms with Crippen LogP contribution >= 0.6 is 0 Å². The number of furan rings is 1. The van der Waals surface area contributed by atoms with Crippen LogP contribution in [0.2, 0.25) is 0 Å². The van der Waals surface area contributed by atoms with E-state index < -0.39 is 0 Å². The van der Waals surface area contributed by atoms with Crippen molar-refractivity contribution in [2.24, 2.45) is 0 Å². The van der Waals surface area contributed by atoms with Gasteiger partial charge in [-0.2, -0.15) is 9.61 Å². The second kappa shape index (κ2) is 5.20. The summed E-state index contributed by atoms with van der Waals surface area (Å²) < 4.78 is 6.53. The van der Waals surface area contributed by atoms with Gasteiger partial charge in [0.25, 0.3) is 0 Å². The number of aromatic nitrogens is 4. The maximum Gasteiger partial charge on any atom is 0.364 e. The zero-order chi connectivity index (χ0) is 13.9. The molecule has 0 radical (unpaired) electrons. The smallest absolute Gasteiger partial charge is 0.364 e. The molecule has 2 N–H and O–H groups in total. The Morgan fingerprint density at radius 3 is 3.15 bits per heavy atom. The summed E-state index contributed by atoms with van der Waals surface area (Å²) in [4.78, 5) is 11.4. The molecule has 7 nitrogen and oxygen atoms in total. The maximum absolute atomic E-state index is 11.4. The zero-order valence-electron chi connectivity index (χ0n) is 11.0. The number of rotatable bonds is 5. The van der Waals surface area contributed by atoms with Crippen LogP contribution < -0.4 is 11.0 Å². The zero-order valence-corrected chi connectivity index (χ0v) is 11.0. The molecule has 3 heterocycles. The minimum absolute atomic E-state index is 0.215. The van der Waals surface area contributed by atoms with Crippen LogP contribution in [-0.2, 0) is 6.42 Å². The number of hydrogen-bond acceptors (Lipinski definition) is 5. The lowest BCUT2D eigenvalue weighted by Crippen LogP contribution is -2.19. The molecular weight excluding hydrogens is 258 g/mol. The van der Waals surface area contributed by atoms with E-state index in [1.54, 1.807) is 18.4 Å². The van der Waals surface area contributed by atoms with E-state index in [-0.39, 0.29) is 11.7 Å². The third-order valence-corrected chi connectivity index (χ3v) is 3.07. The Bertz CT molecular complexity index is 744. The third-order valence-electron chi connectivity index (χ3n) is 3.07. The average molecular weight is 273 g/mol. The van der Waals surface area contributed by atoms with Gasteiger partial charge in [-0.1, -0.05) is 0 Å². The highest BCUT2D eigenvalue weighted by atomic mass is 16.3. The molecular formula is C13H15N5O2. The van der Waals surface area contributed by atoms with Crippen LogP contribution in [0.3, 0.4) is 0 Å². The van der Waals surface area contributed by atoms with Gasteiger partial charge in [0, 0.05) is 12.5 Å². The first-order chi connectivity index (χ1) is 9.72. The molecule has 1 atom stereocenters. The van der Waals surface area contributed by atoms with Gasteiger partial charge >= 0.3 is 5.69 Å². The number of fused-ring (bicyclic) bond motifs is 1. The molecule has 3 rings (SSSR count). The van der Waals surface area contributed by atoms with Crippen molar-refractivity contribution in [3.05, 3.63) is 46.8 Å².